The van der Waals surface area contributed by atoms with Crippen molar-refractivity contribution in [2.24, 2.45) is 0 Å². The molecule has 0 aromatic heterocycles. The Labute approximate surface area is 205 Å². The number of halogens is 1. The molecule has 4 rings (SSSR count). The van der Waals surface area contributed by atoms with Crippen LogP contribution in [0.5, 0.6) is 0 Å². The van der Waals surface area contributed by atoms with Gasteiger partial charge in [0.15, 0.2) is 0 Å². The van der Waals surface area contributed by atoms with Gasteiger partial charge in [0, 0.05) is 28.5 Å². The summed E-state index contributed by atoms with van der Waals surface area (Å²) in [6.07, 6.45) is 6.31. The molecule has 3 aromatic rings. The van der Waals surface area contributed by atoms with E-state index in [0.717, 1.165) is 46.7 Å². The van der Waals surface area contributed by atoms with Crippen LogP contribution in [0.1, 0.15) is 48.8 Å². The third kappa shape index (κ3) is 6.73. The van der Waals surface area contributed by atoms with Gasteiger partial charge in [-0.25, -0.2) is 9.18 Å². The molecule has 3 nitrogen and oxygen atoms in total. The minimum Gasteiger partial charge on any atom is -0.463 e. The lowest BCUT2D eigenvalue weighted by Gasteiger charge is -2.18. The Morgan fingerprint density at radius 3 is 2.74 bits per heavy atom. The molecule has 1 saturated carbocycles. The first kappa shape index (κ1) is 24.1. The van der Waals surface area contributed by atoms with Crippen molar-refractivity contribution in [1.82, 2.24) is 0 Å². The molecule has 0 aliphatic heterocycles. The van der Waals surface area contributed by atoms with Crippen molar-refractivity contribution in [2.45, 2.75) is 48.8 Å². The lowest BCUT2D eigenvalue weighted by molar-refractivity contribution is -0.137. The van der Waals surface area contributed by atoms with Crippen molar-refractivity contribution in [3.05, 3.63) is 101 Å². The van der Waals surface area contributed by atoms with Gasteiger partial charge in [-0.2, -0.15) is 0 Å². The Morgan fingerprint density at radius 1 is 1.09 bits per heavy atom. The summed E-state index contributed by atoms with van der Waals surface area (Å²) in [4.78, 5) is 13.1. The molecule has 0 radical (unpaired) electrons. The third-order valence-corrected chi connectivity index (χ3v) is 7.13. The maximum absolute atomic E-state index is 13.7. The Morgan fingerprint density at radius 2 is 1.94 bits per heavy atom. The number of hydrogen-bond acceptors (Lipinski definition) is 4. The highest BCUT2D eigenvalue weighted by Crippen LogP contribution is 2.37. The highest BCUT2D eigenvalue weighted by molar-refractivity contribution is 7.98. The maximum Gasteiger partial charge on any atom is 0.330 e. The second-order valence-corrected chi connectivity index (χ2v) is 9.56. The van der Waals surface area contributed by atoms with Crippen LogP contribution in [0.2, 0.25) is 0 Å². The SMILES string of the molecule is CCOC(=O)/C=C/c1cc(SCc2ccccc2)ccc1NC1CCC(c2cccc(F)c2)C1. The molecule has 1 aliphatic rings. The number of anilines is 1. The van der Waals surface area contributed by atoms with Gasteiger partial charge in [0.05, 0.1) is 6.61 Å². The van der Waals surface area contributed by atoms with Gasteiger partial charge < -0.3 is 10.1 Å². The normalized spacial score (nSPS) is 17.7. The van der Waals surface area contributed by atoms with Crippen molar-refractivity contribution < 1.29 is 13.9 Å². The maximum atomic E-state index is 13.7. The minimum absolute atomic E-state index is 0.177. The number of thioether (sulfide) groups is 1. The summed E-state index contributed by atoms with van der Waals surface area (Å²) >= 11 is 1.77. The second kappa shape index (κ2) is 11.9. The van der Waals surface area contributed by atoms with Crippen LogP contribution in [-0.4, -0.2) is 18.6 Å². The zero-order chi connectivity index (χ0) is 23.8. The second-order valence-electron chi connectivity index (χ2n) is 8.51. The fourth-order valence-corrected chi connectivity index (χ4v) is 5.29. The molecule has 0 bridgehead atoms. The zero-order valence-corrected chi connectivity index (χ0v) is 20.2. The molecule has 176 valence electrons. The standard InChI is InChI=1S/C29H30FNO2S/c1-2-33-29(32)16-12-24-19-27(34-20-21-7-4-3-5-8-21)14-15-28(24)31-26-13-11-23(18-26)22-9-6-10-25(30)17-22/h3-10,12,14-17,19,23,26,31H,2,11,13,18,20H2,1H3/b16-12+. The van der Waals surface area contributed by atoms with Gasteiger partial charge in [0.2, 0.25) is 0 Å². The average Bonchev–Trinajstić information content (AvgIpc) is 3.32. The number of carbonyl (C=O) groups excluding carboxylic acids is 1. The quantitative estimate of drug-likeness (QED) is 0.198. The molecule has 2 atom stereocenters. The van der Waals surface area contributed by atoms with Gasteiger partial charge in [0.25, 0.3) is 0 Å². The Bertz CT molecular complexity index is 1130. The van der Waals surface area contributed by atoms with Gasteiger partial charge in [-0.3, -0.25) is 0 Å². The van der Waals surface area contributed by atoms with Gasteiger partial charge in [-0.1, -0.05) is 42.5 Å². The molecule has 5 heteroatoms. The first-order chi connectivity index (χ1) is 16.6. The molecular formula is C29H30FNO2S. The molecule has 0 amide bonds. The Hall–Kier alpha value is -3.05. The largest absolute Gasteiger partial charge is 0.463 e. The van der Waals surface area contributed by atoms with Gasteiger partial charge >= 0.3 is 5.97 Å². The Balaban J connectivity index is 1.48. The third-order valence-electron chi connectivity index (χ3n) is 6.07. The van der Waals surface area contributed by atoms with Crippen molar-refractivity contribution in [3.8, 4) is 0 Å². The topological polar surface area (TPSA) is 38.3 Å². The number of nitrogens with one attached hydrogen (secondary N) is 1. The zero-order valence-electron chi connectivity index (χ0n) is 19.4. The van der Waals surface area contributed by atoms with E-state index in [4.69, 9.17) is 4.74 Å². The van der Waals surface area contributed by atoms with E-state index in [1.54, 1.807) is 30.8 Å². The lowest BCUT2D eigenvalue weighted by Crippen LogP contribution is -2.16. The van der Waals surface area contributed by atoms with Crippen molar-refractivity contribution in [2.75, 3.05) is 11.9 Å². The van der Waals surface area contributed by atoms with E-state index in [2.05, 4.69) is 47.8 Å². The first-order valence-corrected chi connectivity index (χ1v) is 12.8. The molecule has 1 aliphatic carbocycles. The van der Waals surface area contributed by atoms with Crippen LogP contribution >= 0.6 is 11.8 Å². The van der Waals surface area contributed by atoms with Gasteiger partial charge in [0.1, 0.15) is 5.82 Å². The van der Waals surface area contributed by atoms with Gasteiger partial charge in [-0.05, 0) is 85.2 Å². The van der Waals surface area contributed by atoms with E-state index >= 15 is 0 Å². The molecule has 2 unspecified atom stereocenters. The molecule has 0 heterocycles. The average molecular weight is 476 g/mol. The number of rotatable bonds is 9. The lowest BCUT2D eigenvalue weighted by atomic mass is 9.97. The number of benzene rings is 3. The molecule has 0 saturated heterocycles. The fraction of sp³-hybridized carbons (Fsp3) is 0.276. The molecular weight excluding hydrogens is 445 g/mol. The minimum atomic E-state index is -0.345. The van der Waals surface area contributed by atoms with E-state index in [0.29, 0.717) is 18.6 Å². The summed E-state index contributed by atoms with van der Waals surface area (Å²) in [5.41, 5.74) is 4.29. The van der Waals surface area contributed by atoms with Crippen LogP contribution in [0.4, 0.5) is 10.1 Å². The first-order valence-electron chi connectivity index (χ1n) is 11.8. The molecule has 1 fully saturated rings. The van der Waals surface area contributed by atoms with Crippen molar-refractivity contribution >= 4 is 29.5 Å². The molecule has 34 heavy (non-hydrogen) atoms. The summed E-state index contributed by atoms with van der Waals surface area (Å²) in [7, 11) is 0. The summed E-state index contributed by atoms with van der Waals surface area (Å²) in [6, 6.07) is 23.9. The van der Waals surface area contributed by atoms with Crippen molar-refractivity contribution in [1.29, 1.82) is 0 Å². The fourth-order valence-electron chi connectivity index (χ4n) is 4.38. The van der Waals surface area contributed by atoms with Crippen LogP contribution in [0.3, 0.4) is 0 Å². The number of ether oxygens (including phenoxy) is 1. The van der Waals surface area contributed by atoms with Crippen LogP contribution < -0.4 is 5.32 Å². The van der Waals surface area contributed by atoms with Crippen LogP contribution in [0.25, 0.3) is 6.08 Å². The van der Waals surface area contributed by atoms with E-state index in [1.165, 1.54) is 17.7 Å². The monoisotopic (exact) mass is 475 g/mol. The number of esters is 1. The van der Waals surface area contributed by atoms with E-state index in [1.807, 2.05) is 18.2 Å². The number of hydrogen-bond donors (Lipinski definition) is 1. The van der Waals surface area contributed by atoms with Crippen LogP contribution in [-0.2, 0) is 15.3 Å². The van der Waals surface area contributed by atoms with Crippen molar-refractivity contribution in [3.63, 3.8) is 0 Å². The predicted molar refractivity (Wildman–Crippen MR) is 139 cm³/mol. The number of carbonyl (C=O) groups is 1. The van der Waals surface area contributed by atoms with E-state index in [-0.39, 0.29) is 11.8 Å². The molecule has 0 spiro atoms. The summed E-state index contributed by atoms with van der Waals surface area (Å²) in [5, 5.41) is 3.67. The summed E-state index contributed by atoms with van der Waals surface area (Å²) < 4.78 is 18.7. The Kier molecular flexibility index (Phi) is 8.42. The van der Waals surface area contributed by atoms with Crippen LogP contribution in [0, 0.1) is 5.82 Å². The highest BCUT2D eigenvalue weighted by atomic mass is 32.2. The molecule has 1 N–H and O–H groups in total. The van der Waals surface area contributed by atoms with E-state index in [9.17, 15) is 9.18 Å². The molecule has 3 aromatic carbocycles. The smallest absolute Gasteiger partial charge is 0.330 e. The highest BCUT2D eigenvalue weighted by Gasteiger charge is 2.26. The van der Waals surface area contributed by atoms with Gasteiger partial charge in [-0.15, -0.1) is 11.8 Å². The van der Waals surface area contributed by atoms with Crippen LogP contribution in [0.15, 0.2) is 83.8 Å². The summed E-state index contributed by atoms with van der Waals surface area (Å²) in [6.45, 7) is 2.15. The van der Waals surface area contributed by atoms with E-state index < -0.39 is 0 Å². The predicted octanol–water partition coefficient (Wildman–Crippen LogP) is 7.44. The summed E-state index contributed by atoms with van der Waals surface area (Å²) in [5.74, 6) is 0.714.